The monoisotopic (exact) mass is 434 g/mol. The Morgan fingerprint density at radius 1 is 1.06 bits per heavy atom. The summed E-state index contributed by atoms with van der Waals surface area (Å²) in [6.07, 6.45) is 18.1. The molecule has 0 bridgehead atoms. The summed E-state index contributed by atoms with van der Waals surface area (Å²) in [5.41, 5.74) is -0.547. The van der Waals surface area contributed by atoms with Gasteiger partial charge in [0, 0.05) is 24.2 Å². The standard InChI is InChI=1S/C28H38N2O2/c1-27-11-9-22-21-10-13-28(32,12-8-19-2-3-19)16-20(21)4-5-23(22)24(27)6-7-25(27)26(31)17-30-15-14-29-18-30/h14-15,18-25,32H,2-7,9-11,13,16-17H2,1H3/t20-,21+,22-,23-,24+,25-,27+,28+/m1/s1. The van der Waals surface area contributed by atoms with Crippen molar-refractivity contribution in [3.8, 4) is 11.8 Å². The summed E-state index contributed by atoms with van der Waals surface area (Å²) in [5, 5.41) is 11.2. The first-order chi connectivity index (χ1) is 15.5. The fourth-order valence-electron chi connectivity index (χ4n) is 8.66. The summed E-state index contributed by atoms with van der Waals surface area (Å²) < 4.78 is 1.94. The molecule has 1 aromatic rings. The van der Waals surface area contributed by atoms with Crippen molar-refractivity contribution < 1.29 is 9.90 Å². The van der Waals surface area contributed by atoms with Crippen LogP contribution in [0.5, 0.6) is 0 Å². The normalized spacial score (nSPS) is 45.2. The Morgan fingerprint density at radius 3 is 2.69 bits per heavy atom. The Kier molecular flexibility index (Phi) is 5.06. The van der Waals surface area contributed by atoms with E-state index < -0.39 is 5.60 Å². The average molecular weight is 435 g/mol. The van der Waals surface area contributed by atoms with Gasteiger partial charge in [0.25, 0.3) is 0 Å². The number of rotatable bonds is 3. The van der Waals surface area contributed by atoms with Gasteiger partial charge < -0.3 is 9.67 Å². The van der Waals surface area contributed by atoms with Crippen LogP contribution in [0.3, 0.4) is 0 Å². The maximum absolute atomic E-state index is 13.3. The zero-order chi connectivity index (χ0) is 21.9. The molecule has 6 rings (SSSR count). The zero-order valence-electron chi connectivity index (χ0n) is 19.5. The summed E-state index contributed by atoms with van der Waals surface area (Å²) in [6.45, 7) is 2.92. The molecule has 172 valence electrons. The van der Waals surface area contributed by atoms with Gasteiger partial charge in [-0.1, -0.05) is 18.8 Å². The first kappa shape index (κ1) is 21.0. The minimum Gasteiger partial charge on any atom is -0.378 e. The minimum absolute atomic E-state index is 0.177. The van der Waals surface area contributed by atoms with Crippen molar-refractivity contribution in [2.75, 3.05) is 0 Å². The molecule has 0 aromatic carbocycles. The molecule has 5 fully saturated rings. The van der Waals surface area contributed by atoms with Gasteiger partial charge in [0.1, 0.15) is 5.60 Å². The number of carbonyl (C=O) groups excluding carboxylic acids is 1. The zero-order valence-corrected chi connectivity index (χ0v) is 19.5. The van der Waals surface area contributed by atoms with Gasteiger partial charge in [-0.3, -0.25) is 4.79 Å². The molecular formula is C28H38N2O2. The smallest absolute Gasteiger partial charge is 0.156 e. The number of hydrogen-bond acceptors (Lipinski definition) is 3. The number of nitrogens with zero attached hydrogens (tertiary/aromatic N) is 2. The van der Waals surface area contributed by atoms with E-state index in [2.05, 4.69) is 23.7 Å². The van der Waals surface area contributed by atoms with E-state index in [0.29, 0.717) is 30.1 Å². The number of aliphatic hydroxyl groups is 1. The number of fused-ring (bicyclic) bond motifs is 5. The van der Waals surface area contributed by atoms with Crippen LogP contribution in [0.15, 0.2) is 18.7 Å². The number of hydrogen-bond donors (Lipinski definition) is 1. The highest BCUT2D eigenvalue weighted by Crippen LogP contribution is 2.64. The molecule has 5 aliphatic rings. The molecule has 1 N–H and O–H groups in total. The predicted octanol–water partition coefficient (Wildman–Crippen LogP) is 4.87. The van der Waals surface area contributed by atoms with E-state index in [4.69, 9.17) is 0 Å². The second-order valence-electron chi connectivity index (χ2n) is 12.1. The minimum atomic E-state index is -0.724. The summed E-state index contributed by atoms with van der Waals surface area (Å²) in [6, 6.07) is 0. The van der Waals surface area contributed by atoms with Crippen molar-refractivity contribution in [3.05, 3.63) is 18.7 Å². The molecule has 32 heavy (non-hydrogen) atoms. The number of aromatic nitrogens is 2. The van der Waals surface area contributed by atoms with Gasteiger partial charge in [-0.05, 0) is 106 Å². The maximum Gasteiger partial charge on any atom is 0.156 e. The average Bonchev–Trinajstić information content (AvgIpc) is 3.34. The Morgan fingerprint density at radius 2 is 1.91 bits per heavy atom. The van der Waals surface area contributed by atoms with Crippen molar-refractivity contribution in [2.45, 2.75) is 89.7 Å². The quantitative estimate of drug-likeness (QED) is 0.691. The number of carbonyl (C=O) groups is 1. The first-order valence-corrected chi connectivity index (χ1v) is 13.2. The van der Waals surface area contributed by atoms with Gasteiger partial charge in [-0.25, -0.2) is 4.98 Å². The molecule has 5 saturated carbocycles. The maximum atomic E-state index is 13.3. The molecule has 1 aromatic heterocycles. The van der Waals surface area contributed by atoms with Crippen molar-refractivity contribution in [3.63, 3.8) is 0 Å². The highest BCUT2D eigenvalue weighted by molar-refractivity contribution is 5.82. The summed E-state index contributed by atoms with van der Waals surface area (Å²) in [4.78, 5) is 17.4. The summed E-state index contributed by atoms with van der Waals surface area (Å²) >= 11 is 0. The van der Waals surface area contributed by atoms with Crippen molar-refractivity contribution in [1.29, 1.82) is 0 Å². The first-order valence-electron chi connectivity index (χ1n) is 13.2. The van der Waals surface area contributed by atoms with E-state index >= 15 is 0 Å². The van der Waals surface area contributed by atoms with Crippen LogP contribution in [0.25, 0.3) is 0 Å². The Labute approximate surface area is 192 Å². The van der Waals surface area contributed by atoms with Crippen LogP contribution in [-0.2, 0) is 11.3 Å². The Balaban J connectivity index is 1.15. The molecule has 8 atom stereocenters. The van der Waals surface area contributed by atoms with Gasteiger partial charge in [-0.15, -0.1) is 0 Å². The van der Waals surface area contributed by atoms with E-state index in [1.807, 2.05) is 10.8 Å². The molecule has 0 saturated heterocycles. The van der Waals surface area contributed by atoms with Crippen LogP contribution in [0.2, 0.25) is 0 Å². The molecule has 5 aliphatic carbocycles. The fourth-order valence-corrected chi connectivity index (χ4v) is 8.66. The summed E-state index contributed by atoms with van der Waals surface area (Å²) in [7, 11) is 0. The van der Waals surface area contributed by atoms with Crippen LogP contribution < -0.4 is 0 Å². The largest absolute Gasteiger partial charge is 0.378 e. The molecule has 4 nitrogen and oxygen atoms in total. The Hall–Kier alpha value is -1.60. The number of imidazole rings is 1. The number of ketones is 1. The van der Waals surface area contributed by atoms with Crippen LogP contribution in [0, 0.1) is 58.7 Å². The lowest BCUT2D eigenvalue weighted by atomic mass is 9.49. The second-order valence-corrected chi connectivity index (χ2v) is 12.1. The Bertz CT molecular complexity index is 925. The van der Waals surface area contributed by atoms with Crippen LogP contribution in [0.1, 0.15) is 77.6 Å². The van der Waals surface area contributed by atoms with Gasteiger partial charge in [0.15, 0.2) is 5.78 Å². The molecule has 0 unspecified atom stereocenters. The molecule has 4 heteroatoms. The van der Waals surface area contributed by atoms with Gasteiger partial charge in [-0.2, -0.15) is 0 Å². The molecule has 0 radical (unpaired) electrons. The van der Waals surface area contributed by atoms with Crippen LogP contribution in [0.4, 0.5) is 0 Å². The highest BCUT2D eigenvalue weighted by atomic mass is 16.3. The lowest BCUT2D eigenvalue weighted by Crippen LogP contribution is -2.51. The van der Waals surface area contributed by atoms with Crippen LogP contribution >= 0.6 is 0 Å². The van der Waals surface area contributed by atoms with Gasteiger partial charge >= 0.3 is 0 Å². The second kappa shape index (κ2) is 7.73. The van der Waals surface area contributed by atoms with Gasteiger partial charge in [0.05, 0.1) is 12.9 Å². The third-order valence-electron chi connectivity index (χ3n) is 10.4. The molecule has 0 spiro atoms. The van der Waals surface area contributed by atoms with Crippen molar-refractivity contribution in [1.82, 2.24) is 9.55 Å². The van der Waals surface area contributed by atoms with Crippen molar-refractivity contribution >= 4 is 5.78 Å². The van der Waals surface area contributed by atoms with E-state index in [0.717, 1.165) is 43.4 Å². The topological polar surface area (TPSA) is 55.1 Å². The molecular weight excluding hydrogens is 396 g/mol. The van der Waals surface area contributed by atoms with E-state index in [1.165, 1.54) is 44.9 Å². The molecule has 0 aliphatic heterocycles. The van der Waals surface area contributed by atoms with E-state index in [9.17, 15) is 9.90 Å². The third kappa shape index (κ3) is 3.56. The van der Waals surface area contributed by atoms with E-state index in [-0.39, 0.29) is 11.3 Å². The molecule has 1 heterocycles. The third-order valence-corrected chi connectivity index (χ3v) is 10.4. The van der Waals surface area contributed by atoms with Crippen molar-refractivity contribution in [2.24, 2.45) is 46.8 Å². The summed E-state index contributed by atoms with van der Waals surface area (Å²) in [5.74, 6) is 11.5. The lowest BCUT2D eigenvalue weighted by molar-refractivity contribution is -0.132. The highest BCUT2D eigenvalue weighted by Gasteiger charge is 2.58. The van der Waals surface area contributed by atoms with E-state index in [1.54, 1.807) is 12.5 Å². The van der Waals surface area contributed by atoms with Crippen LogP contribution in [-0.4, -0.2) is 26.0 Å². The number of Topliss-reactive ketones (excluding diaryl/α,β-unsaturated/α-hetero) is 1. The SMILES string of the molecule is C[C@]12CC[C@H]3[C@@H](CC[C@@H]4C[C@](O)(C#CC5CC5)CC[C@@H]43)[C@@H]1CC[C@@H]2C(=O)Cn1ccnc1. The van der Waals surface area contributed by atoms with Gasteiger partial charge in [0.2, 0.25) is 0 Å². The fraction of sp³-hybridized carbons (Fsp3) is 0.786. The predicted molar refractivity (Wildman–Crippen MR) is 123 cm³/mol. The lowest BCUT2D eigenvalue weighted by Gasteiger charge is -2.56. The molecule has 0 amide bonds.